The number of nitriles is 1. The highest BCUT2D eigenvalue weighted by molar-refractivity contribution is 9.11. The van der Waals surface area contributed by atoms with Crippen LogP contribution >= 0.6 is 31.9 Å². The van der Waals surface area contributed by atoms with E-state index in [9.17, 15) is 18.5 Å². The molecule has 7 nitrogen and oxygen atoms in total. The predicted molar refractivity (Wildman–Crippen MR) is 136 cm³/mol. The van der Waals surface area contributed by atoms with Crippen molar-refractivity contribution in [3.63, 3.8) is 0 Å². The number of anilines is 1. The monoisotopic (exact) mass is 604 g/mol. The molecule has 0 saturated heterocycles. The number of carbonyl (C=O) groups excluding carboxylic acids is 1. The number of benzene rings is 3. The van der Waals surface area contributed by atoms with Crippen LogP contribution in [0.5, 0.6) is 11.5 Å². The maximum Gasteiger partial charge on any atom is 0.339 e. The average molecular weight is 606 g/mol. The van der Waals surface area contributed by atoms with Gasteiger partial charge in [-0.25, -0.2) is 0 Å². The molecule has 0 unspecified atom stereocenters. The fourth-order valence-corrected chi connectivity index (χ4v) is 5.49. The number of nitrogens with one attached hydrogen (secondary N) is 1. The number of nitrogens with zero attached hydrogens (tertiary/aromatic N) is 1. The van der Waals surface area contributed by atoms with Gasteiger partial charge in [0.1, 0.15) is 16.5 Å². The number of aryl methyl sites for hydroxylation is 1. The number of hydrogen-bond donors (Lipinski definition) is 1. The van der Waals surface area contributed by atoms with Gasteiger partial charge in [-0.15, -0.1) is 0 Å². The van der Waals surface area contributed by atoms with Gasteiger partial charge in [-0.2, -0.15) is 13.7 Å². The van der Waals surface area contributed by atoms with E-state index in [0.29, 0.717) is 20.2 Å². The number of ether oxygens (including phenoxy) is 1. The summed E-state index contributed by atoms with van der Waals surface area (Å²) in [4.78, 5) is 12.7. The van der Waals surface area contributed by atoms with Crippen LogP contribution < -0.4 is 14.2 Å². The number of carbonyl (C=O) groups is 1. The molecule has 1 N–H and O–H groups in total. The minimum absolute atomic E-state index is 0.00195. The molecule has 0 aliphatic heterocycles. The van der Waals surface area contributed by atoms with Crippen molar-refractivity contribution in [1.29, 1.82) is 5.26 Å². The van der Waals surface area contributed by atoms with Crippen molar-refractivity contribution in [1.82, 2.24) is 0 Å². The second-order valence-electron chi connectivity index (χ2n) is 6.99. The van der Waals surface area contributed by atoms with E-state index < -0.39 is 16.0 Å². The maximum absolute atomic E-state index is 12.7. The number of hydrogen-bond acceptors (Lipinski definition) is 6. The van der Waals surface area contributed by atoms with E-state index in [1.807, 2.05) is 25.1 Å². The predicted octanol–water partition coefficient (Wildman–Crippen LogP) is 5.84. The van der Waals surface area contributed by atoms with Crippen LogP contribution in [-0.4, -0.2) is 21.4 Å². The highest BCUT2D eigenvalue weighted by atomic mass is 79.9. The molecule has 10 heteroatoms. The van der Waals surface area contributed by atoms with Crippen molar-refractivity contribution in [3.8, 4) is 17.6 Å². The molecular weight excluding hydrogens is 588 g/mol. The lowest BCUT2D eigenvalue weighted by molar-refractivity contribution is -0.112. The van der Waals surface area contributed by atoms with Crippen molar-refractivity contribution < 1.29 is 22.1 Å². The number of methoxy groups -OCH3 is 1. The third-order valence-electron chi connectivity index (χ3n) is 4.52. The number of amides is 1. The molecule has 0 spiro atoms. The Morgan fingerprint density at radius 1 is 1.03 bits per heavy atom. The molecule has 0 aliphatic rings. The molecule has 174 valence electrons. The van der Waals surface area contributed by atoms with Gasteiger partial charge in [-0.05, 0) is 92.4 Å². The zero-order valence-corrected chi connectivity index (χ0v) is 22.0. The van der Waals surface area contributed by atoms with Gasteiger partial charge in [-0.3, -0.25) is 4.79 Å². The lowest BCUT2D eigenvalue weighted by Crippen LogP contribution is -2.14. The Bertz CT molecular complexity index is 1390. The van der Waals surface area contributed by atoms with Gasteiger partial charge in [0.25, 0.3) is 5.91 Å². The van der Waals surface area contributed by atoms with Crippen LogP contribution in [0.25, 0.3) is 6.08 Å². The normalized spacial score (nSPS) is 11.4. The molecule has 3 aromatic rings. The van der Waals surface area contributed by atoms with Gasteiger partial charge in [-0.1, -0.05) is 24.3 Å². The molecule has 3 rings (SSSR count). The van der Waals surface area contributed by atoms with Crippen LogP contribution in [0.2, 0.25) is 0 Å². The molecule has 0 bridgehead atoms. The molecule has 0 radical (unpaired) electrons. The van der Waals surface area contributed by atoms with E-state index in [2.05, 4.69) is 37.2 Å². The number of rotatable bonds is 7. The minimum atomic E-state index is -4.07. The topological polar surface area (TPSA) is 105 Å². The van der Waals surface area contributed by atoms with Crippen LogP contribution in [0.1, 0.15) is 11.1 Å². The summed E-state index contributed by atoms with van der Waals surface area (Å²) in [6, 6.07) is 17.6. The highest BCUT2D eigenvalue weighted by Gasteiger charge is 2.19. The van der Waals surface area contributed by atoms with Gasteiger partial charge < -0.3 is 14.2 Å². The molecule has 34 heavy (non-hydrogen) atoms. The molecule has 0 atom stereocenters. The summed E-state index contributed by atoms with van der Waals surface area (Å²) in [7, 11) is -2.71. The summed E-state index contributed by atoms with van der Waals surface area (Å²) < 4.78 is 36.9. The zero-order valence-electron chi connectivity index (χ0n) is 18.0. The van der Waals surface area contributed by atoms with E-state index in [0.717, 1.165) is 5.56 Å². The Balaban J connectivity index is 1.87. The van der Waals surface area contributed by atoms with E-state index in [1.54, 1.807) is 18.2 Å². The molecule has 0 fully saturated rings. The maximum atomic E-state index is 12.7. The van der Waals surface area contributed by atoms with Crippen LogP contribution in [0.4, 0.5) is 5.69 Å². The first-order chi connectivity index (χ1) is 16.1. The molecule has 3 aromatic carbocycles. The van der Waals surface area contributed by atoms with E-state index in [4.69, 9.17) is 8.92 Å². The van der Waals surface area contributed by atoms with Crippen molar-refractivity contribution in [3.05, 3.63) is 86.3 Å². The number of halogens is 2. The first-order valence-corrected chi connectivity index (χ1v) is 12.7. The lowest BCUT2D eigenvalue weighted by Gasteiger charge is -2.12. The van der Waals surface area contributed by atoms with Crippen molar-refractivity contribution >= 4 is 59.6 Å². The Morgan fingerprint density at radius 2 is 1.68 bits per heavy atom. The van der Waals surface area contributed by atoms with Gasteiger partial charge in [0, 0.05) is 8.95 Å². The first-order valence-electron chi connectivity index (χ1n) is 9.71. The van der Waals surface area contributed by atoms with Crippen LogP contribution in [-0.2, 0) is 14.9 Å². The SMILES string of the molecule is COc1cc(/C=C(\C#N)C(=O)Nc2c(Br)cc(C)cc2Br)ccc1OS(=O)(=O)c1ccccc1. The summed E-state index contributed by atoms with van der Waals surface area (Å²) in [6.45, 7) is 1.91. The zero-order chi connectivity index (χ0) is 24.9. The smallest absolute Gasteiger partial charge is 0.339 e. The average Bonchev–Trinajstić information content (AvgIpc) is 2.80. The van der Waals surface area contributed by atoms with Crippen molar-refractivity contribution in [2.75, 3.05) is 12.4 Å². The molecule has 0 saturated carbocycles. The Kier molecular flexibility index (Phi) is 8.15. The van der Waals surface area contributed by atoms with Gasteiger partial charge in [0.05, 0.1) is 12.8 Å². The minimum Gasteiger partial charge on any atom is -0.493 e. The van der Waals surface area contributed by atoms with Crippen molar-refractivity contribution in [2.45, 2.75) is 11.8 Å². The Labute approximate surface area is 214 Å². The van der Waals surface area contributed by atoms with Crippen molar-refractivity contribution in [2.24, 2.45) is 0 Å². The van der Waals surface area contributed by atoms with Gasteiger partial charge in [0.2, 0.25) is 0 Å². The van der Waals surface area contributed by atoms with Gasteiger partial charge >= 0.3 is 10.1 Å². The second-order valence-corrected chi connectivity index (χ2v) is 10.2. The van der Waals surface area contributed by atoms with E-state index in [1.165, 1.54) is 43.5 Å². The molecule has 1 amide bonds. The first kappa shape index (κ1) is 25.5. The quantitative estimate of drug-likeness (QED) is 0.206. The Morgan fingerprint density at radius 3 is 2.26 bits per heavy atom. The second kappa shape index (κ2) is 10.9. The standard InChI is InChI=1S/C24H18Br2N2O5S/c1-15-10-19(25)23(20(26)11-15)28-24(29)17(14-27)12-16-8-9-21(22(13-16)32-2)33-34(30,31)18-6-4-3-5-7-18/h3-13H,1-2H3,(H,28,29)/b17-12+. The summed E-state index contributed by atoms with van der Waals surface area (Å²) >= 11 is 6.81. The molecule has 0 aromatic heterocycles. The fourth-order valence-electron chi connectivity index (χ4n) is 2.91. The third-order valence-corrected chi connectivity index (χ3v) is 7.02. The largest absolute Gasteiger partial charge is 0.493 e. The summed E-state index contributed by atoms with van der Waals surface area (Å²) in [5, 5.41) is 12.2. The van der Waals surface area contributed by atoms with E-state index >= 15 is 0 Å². The Hall–Kier alpha value is -3.13. The highest BCUT2D eigenvalue weighted by Crippen LogP contribution is 2.34. The van der Waals surface area contributed by atoms with Crippen LogP contribution in [0.3, 0.4) is 0 Å². The third kappa shape index (κ3) is 6.05. The van der Waals surface area contributed by atoms with E-state index in [-0.39, 0.29) is 22.0 Å². The summed E-state index contributed by atoms with van der Waals surface area (Å²) in [5.41, 5.74) is 1.75. The van der Waals surface area contributed by atoms with Crippen LogP contribution in [0.15, 0.2) is 80.1 Å². The summed E-state index contributed by atoms with van der Waals surface area (Å²) in [5.74, 6) is -0.521. The summed E-state index contributed by atoms with van der Waals surface area (Å²) in [6.07, 6.45) is 1.36. The van der Waals surface area contributed by atoms with Gasteiger partial charge in [0.15, 0.2) is 11.5 Å². The molecule has 0 heterocycles. The molecular formula is C24H18Br2N2O5S. The van der Waals surface area contributed by atoms with Crippen LogP contribution in [0, 0.1) is 18.3 Å². The fraction of sp³-hybridized carbons (Fsp3) is 0.0833. The molecule has 0 aliphatic carbocycles. The lowest BCUT2D eigenvalue weighted by atomic mass is 10.1.